The second kappa shape index (κ2) is 9.62. The smallest absolute Gasteiger partial charge is 0.0888 e. The molecule has 138 valence electrons. The summed E-state index contributed by atoms with van der Waals surface area (Å²) >= 11 is 8.15. The average Bonchev–Trinajstić information content (AvgIpc) is 2.68. The maximum atomic E-state index is 6.62. The summed E-state index contributed by atoms with van der Waals surface area (Å²) in [5, 5.41) is 1.50. The monoisotopic (exact) mass is 393 g/mol. The molecule has 0 heterocycles. The minimum absolute atomic E-state index is 0.733. The van der Waals surface area contributed by atoms with E-state index in [1.165, 1.54) is 11.8 Å². The lowest BCUT2D eigenvalue weighted by Crippen LogP contribution is -2.02. The van der Waals surface area contributed by atoms with Gasteiger partial charge < -0.3 is 0 Å². The van der Waals surface area contributed by atoms with Gasteiger partial charge in [0.1, 0.15) is 0 Å². The van der Waals surface area contributed by atoms with Crippen LogP contribution < -0.4 is 0 Å². The average molecular weight is 394 g/mol. The molecular weight excluding hydrogens is 370 g/mol. The highest BCUT2D eigenvalue weighted by Crippen LogP contribution is 2.36. The Morgan fingerprint density at radius 1 is 1.07 bits per heavy atom. The van der Waals surface area contributed by atoms with E-state index in [-0.39, 0.29) is 0 Å². The molecule has 0 aromatic heterocycles. The number of nitrogens with zero attached hydrogens (tertiary/aromatic N) is 1. The molecule has 1 nitrogen and oxygen atoms in total. The van der Waals surface area contributed by atoms with Crippen LogP contribution in [0.2, 0.25) is 5.02 Å². The lowest BCUT2D eigenvalue weighted by molar-refractivity contribution is 1.14. The number of thioether (sulfide) groups is 1. The summed E-state index contributed by atoms with van der Waals surface area (Å²) in [4.78, 5) is 4.59. The molecule has 27 heavy (non-hydrogen) atoms. The van der Waals surface area contributed by atoms with E-state index in [1.54, 1.807) is 0 Å². The maximum Gasteiger partial charge on any atom is 0.0888 e. The van der Waals surface area contributed by atoms with Gasteiger partial charge in [-0.15, -0.1) is 17.5 Å². The van der Waals surface area contributed by atoms with E-state index in [0.29, 0.717) is 0 Å². The summed E-state index contributed by atoms with van der Waals surface area (Å²) in [5.41, 5.74) is 9.56. The fourth-order valence-electron chi connectivity index (χ4n) is 2.89. The van der Waals surface area contributed by atoms with Gasteiger partial charge in [0.15, 0.2) is 0 Å². The van der Waals surface area contributed by atoms with Crippen LogP contribution in [0.3, 0.4) is 0 Å². The third kappa shape index (κ3) is 4.73. The number of aliphatic imine (C=N–C) groups is 1. The Hall–Kier alpha value is -2.25. The molecule has 2 aromatic rings. The molecule has 0 spiro atoms. The van der Waals surface area contributed by atoms with Crippen molar-refractivity contribution < 1.29 is 0 Å². The van der Waals surface area contributed by atoms with E-state index in [9.17, 15) is 0 Å². The Morgan fingerprint density at radius 3 is 2.30 bits per heavy atom. The molecule has 0 bridgehead atoms. The van der Waals surface area contributed by atoms with Gasteiger partial charge in [-0.05, 0) is 36.3 Å². The number of hydrogen-bond donors (Lipinski definition) is 0. The summed E-state index contributed by atoms with van der Waals surface area (Å²) in [6.07, 6.45) is 2.83. The topological polar surface area (TPSA) is 12.4 Å². The van der Waals surface area contributed by atoms with Crippen molar-refractivity contribution in [3.8, 4) is 0 Å². The van der Waals surface area contributed by atoms with Gasteiger partial charge in [-0.3, -0.25) is 0 Å². The van der Waals surface area contributed by atoms with Crippen molar-refractivity contribution in [2.24, 2.45) is 4.99 Å². The second-order valence-electron chi connectivity index (χ2n) is 6.00. The zero-order chi connectivity index (χ0) is 20.0. The van der Waals surface area contributed by atoms with Crippen molar-refractivity contribution in [2.75, 3.05) is 6.26 Å². The first-order chi connectivity index (χ1) is 12.9. The van der Waals surface area contributed by atoms with Crippen LogP contribution in [0, 0.1) is 0 Å². The molecule has 0 atom stereocenters. The van der Waals surface area contributed by atoms with Crippen LogP contribution in [0.4, 0.5) is 0 Å². The second-order valence-corrected chi connectivity index (χ2v) is 7.26. The lowest BCUT2D eigenvalue weighted by Gasteiger charge is -2.16. The van der Waals surface area contributed by atoms with Crippen molar-refractivity contribution in [1.29, 1.82) is 0 Å². The summed E-state index contributed by atoms with van der Waals surface area (Å²) in [5.74, 6) is 0. The quantitative estimate of drug-likeness (QED) is 0.270. The van der Waals surface area contributed by atoms with Gasteiger partial charge >= 0.3 is 0 Å². The molecule has 0 saturated heterocycles. The van der Waals surface area contributed by atoms with Crippen molar-refractivity contribution in [3.05, 3.63) is 100 Å². The zero-order valence-electron chi connectivity index (χ0n) is 16.1. The Bertz CT molecular complexity index is 962. The first-order valence-corrected chi connectivity index (χ1v) is 10.3. The third-order valence-electron chi connectivity index (χ3n) is 4.38. The highest BCUT2D eigenvalue weighted by atomic mass is 35.5. The molecule has 0 saturated carbocycles. The molecule has 0 aliphatic heterocycles. The molecular formula is C24H24ClNS. The first-order valence-electron chi connectivity index (χ1n) is 8.69. The Kier molecular flexibility index (Phi) is 7.50. The van der Waals surface area contributed by atoms with E-state index in [1.807, 2.05) is 55.6 Å². The molecule has 0 fully saturated rings. The molecule has 0 N–H and O–H groups in total. The number of hydrogen-bond acceptors (Lipinski definition) is 2. The number of rotatable bonds is 7. The summed E-state index contributed by atoms with van der Waals surface area (Å²) in [6, 6.07) is 14.1. The van der Waals surface area contributed by atoms with E-state index in [0.717, 1.165) is 55.6 Å². The van der Waals surface area contributed by atoms with Gasteiger partial charge in [-0.2, -0.15) is 0 Å². The van der Waals surface area contributed by atoms with Gasteiger partial charge in [-0.1, -0.05) is 80.7 Å². The molecule has 0 amide bonds. The first kappa shape index (κ1) is 21.1. The van der Waals surface area contributed by atoms with Crippen LogP contribution in [0.5, 0.6) is 0 Å². The van der Waals surface area contributed by atoms with Crippen LogP contribution in [0.15, 0.2) is 78.0 Å². The van der Waals surface area contributed by atoms with Crippen molar-refractivity contribution in [2.45, 2.75) is 20.3 Å². The standard InChI is InChI=1S/C24H24ClNS/c1-7-19-12-11-15-21(24(19)25)16(3)20(8-2)23-14-10-9-13-22(23)17(4)26-18(5)27-6/h9-15H,2-3,5,7H2,1,4,6H3. The largest absolute Gasteiger partial charge is 0.247 e. The van der Waals surface area contributed by atoms with Crippen molar-refractivity contribution in [3.63, 3.8) is 0 Å². The van der Waals surface area contributed by atoms with E-state index < -0.39 is 0 Å². The van der Waals surface area contributed by atoms with Crippen LogP contribution in [-0.2, 0) is 6.42 Å². The van der Waals surface area contributed by atoms with Crippen LogP contribution in [-0.4, -0.2) is 12.0 Å². The van der Waals surface area contributed by atoms with Gasteiger partial charge in [0.2, 0.25) is 0 Å². The van der Waals surface area contributed by atoms with Gasteiger partial charge in [0, 0.05) is 22.4 Å². The summed E-state index contributed by atoms with van der Waals surface area (Å²) < 4.78 is 0. The summed E-state index contributed by atoms with van der Waals surface area (Å²) in [6.45, 7) is 16.2. The summed E-state index contributed by atoms with van der Waals surface area (Å²) in [7, 11) is 0. The molecule has 0 radical (unpaired) electrons. The Balaban J connectivity index is 2.58. The fraction of sp³-hybridized carbons (Fsp3) is 0.167. The zero-order valence-corrected chi connectivity index (χ0v) is 17.7. The third-order valence-corrected chi connectivity index (χ3v) is 5.39. The molecule has 2 aromatic carbocycles. The van der Waals surface area contributed by atoms with Crippen molar-refractivity contribution in [1.82, 2.24) is 0 Å². The Morgan fingerprint density at radius 2 is 1.70 bits per heavy atom. The number of halogens is 1. The predicted molar refractivity (Wildman–Crippen MR) is 124 cm³/mol. The number of aryl methyl sites for hydroxylation is 1. The van der Waals surface area contributed by atoms with Gasteiger partial charge in [-0.25, -0.2) is 4.99 Å². The molecule has 0 unspecified atom stereocenters. The highest BCUT2D eigenvalue weighted by molar-refractivity contribution is 8.02. The van der Waals surface area contributed by atoms with Crippen LogP contribution in [0.1, 0.15) is 36.1 Å². The van der Waals surface area contributed by atoms with Crippen LogP contribution >= 0.6 is 23.4 Å². The van der Waals surface area contributed by atoms with Gasteiger partial charge in [0.25, 0.3) is 0 Å². The fourth-order valence-corrected chi connectivity index (χ4v) is 3.50. The van der Waals surface area contributed by atoms with E-state index >= 15 is 0 Å². The van der Waals surface area contributed by atoms with Crippen LogP contribution in [0.25, 0.3) is 11.1 Å². The minimum atomic E-state index is 0.733. The normalized spacial score (nSPS) is 11.0. The van der Waals surface area contributed by atoms with Crippen molar-refractivity contribution >= 4 is 40.2 Å². The predicted octanol–water partition coefficient (Wildman–Crippen LogP) is 7.43. The number of benzene rings is 2. The van der Waals surface area contributed by atoms with E-state index in [2.05, 4.69) is 37.4 Å². The Labute approximate surface area is 171 Å². The molecule has 2 rings (SSSR count). The molecule has 0 aliphatic rings. The minimum Gasteiger partial charge on any atom is -0.247 e. The SMILES string of the molecule is C=C=C(C(=C)c1cccc(CC)c1Cl)c1ccccc1C(C)=NC(=C)SC. The maximum absolute atomic E-state index is 6.62. The molecule has 3 heteroatoms. The highest BCUT2D eigenvalue weighted by Gasteiger charge is 2.16. The lowest BCUT2D eigenvalue weighted by atomic mass is 9.89. The van der Waals surface area contributed by atoms with E-state index in [4.69, 9.17) is 11.6 Å². The molecule has 0 aliphatic carbocycles. The van der Waals surface area contributed by atoms with Gasteiger partial charge in [0.05, 0.1) is 10.1 Å². The number of allylic oxidation sites excluding steroid dienone is 2.